The number of nitrogens with one attached hydrogen (secondary N) is 1. The predicted molar refractivity (Wildman–Crippen MR) is 109 cm³/mol. The quantitative estimate of drug-likeness (QED) is 0.772. The molecule has 144 valence electrons. The van der Waals surface area contributed by atoms with Crippen LogP contribution < -0.4 is 15.0 Å². The molecule has 0 saturated carbocycles. The number of hydrogen-bond donors (Lipinski definition) is 1. The van der Waals surface area contributed by atoms with Gasteiger partial charge in [0.25, 0.3) is 0 Å². The standard InChI is InChI=1S/C22H28N2O3/c1-7-24(17-10-8-9-15(2)13-17)21(26)22(4,5)20(25)23-18-14-16(3)11-12-19(18)27-6/h8-14H,7H2,1-6H3,(H,23,25). The highest BCUT2D eigenvalue weighted by Crippen LogP contribution is 2.30. The Morgan fingerprint density at radius 3 is 2.33 bits per heavy atom. The third-order valence-electron chi connectivity index (χ3n) is 4.58. The number of ether oxygens (including phenoxy) is 1. The van der Waals surface area contributed by atoms with Crippen molar-refractivity contribution >= 4 is 23.2 Å². The van der Waals surface area contributed by atoms with Crippen molar-refractivity contribution in [1.82, 2.24) is 0 Å². The van der Waals surface area contributed by atoms with Crippen LogP contribution in [0.25, 0.3) is 0 Å². The first-order valence-electron chi connectivity index (χ1n) is 9.05. The van der Waals surface area contributed by atoms with Gasteiger partial charge in [-0.25, -0.2) is 0 Å². The van der Waals surface area contributed by atoms with Gasteiger partial charge in [0.15, 0.2) is 0 Å². The molecule has 5 nitrogen and oxygen atoms in total. The summed E-state index contributed by atoms with van der Waals surface area (Å²) in [5.74, 6) is -0.0644. The Labute approximate surface area is 161 Å². The van der Waals surface area contributed by atoms with Crippen LogP contribution in [0.1, 0.15) is 31.9 Å². The number of aryl methyl sites for hydroxylation is 2. The van der Waals surface area contributed by atoms with E-state index in [9.17, 15) is 9.59 Å². The largest absolute Gasteiger partial charge is 0.495 e. The average molecular weight is 368 g/mol. The molecule has 0 fully saturated rings. The van der Waals surface area contributed by atoms with E-state index < -0.39 is 5.41 Å². The van der Waals surface area contributed by atoms with Crippen LogP contribution in [0.3, 0.4) is 0 Å². The van der Waals surface area contributed by atoms with E-state index in [1.165, 1.54) is 0 Å². The van der Waals surface area contributed by atoms with Gasteiger partial charge in [0.2, 0.25) is 11.8 Å². The van der Waals surface area contributed by atoms with E-state index in [1.807, 2.05) is 57.2 Å². The molecule has 0 bridgehead atoms. The fourth-order valence-corrected chi connectivity index (χ4v) is 2.87. The molecule has 5 heteroatoms. The van der Waals surface area contributed by atoms with Gasteiger partial charge in [-0.15, -0.1) is 0 Å². The zero-order valence-electron chi connectivity index (χ0n) is 16.9. The molecular weight excluding hydrogens is 340 g/mol. The maximum Gasteiger partial charge on any atom is 0.242 e. The molecule has 1 N–H and O–H groups in total. The van der Waals surface area contributed by atoms with Gasteiger partial charge < -0.3 is 15.0 Å². The first-order valence-corrected chi connectivity index (χ1v) is 9.05. The zero-order valence-corrected chi connectivity index (χ0v) is 16.9. The molecule has 27 heavy (non-hydrogen) atoms. The molecule has 0 radical (unpaired) electrons. The summed E-state index contributed by atoms with van der Waals surface area (Å²) in [5.41, 5.74) is 2.16. The van der Waals surface area contributed by atoms with E-state index in [-0.39, 0.29) is 11.8 Å². The average Bonchev–Trinajstić information content (AvgIpc) is 2.62. The van der Waals surface area contributed by atoms with Crippen LogP contribution in [-0.2, 0) is 9.59 Å². The van der Waals surface area contributed by atoms with Gasteiger partial charge in [-0.2, -0.15) is 0 Å². The van der Waals surface area contributed by atoms with Crippen molar-refractivity contribution in [3.63, 3.8) is 0 Å². The Bertz CT molecular complexity index is 843. The van der Waals surface area contributed by atoms with Gasteiger partial charge in [0.05, 0.1) is 12.8 Å². The monoisotopic (exact) mass is 368 g/mol. The predicted octanol–water partition coefficient (Wildman–Crippen LogP) is 4.33. The number of hydrogen-bond acceptors (Lipinski definition) is 3. The van der Waals surface area contributed by atoms with Gasteiger partial charge >= 0.3 is 0 Å². The van der Waals surface area contributed by atoms with Crippen molar-refractivity contribution in [1.29, 1.82) is 0 Å². The SMILES string of the molecule is CCN(C(=O)C(C)(C)C(=O)Nc1cc(C)ccc1OC)c1cccc(C)c1. The molecule has 0 atom stereocenters. The second-order valence-corrected chi connectivity index (χ2v) is 7.17. The summed E-state index contributed by atoms with van der Waals surface area (Å²) in [4.78, 5) is 27.8. The number of methoxy groups -OCH3 is 1. The van der Waals surface area contributed by atoms with Crippen LogP contribution in [0.5, 0.6) is 5.75 Å². The molecule has 0 aliphatic rings. The van der Waals surface area contributed by atoms with Gasteiger partial charge in [0, 0.05) is 12.2 Å². The van der Waals surface area contributed by atoms with Crippen LogP contribution in [0.2, 0.25) is 0 Å². The minimum atomic E-state index is -1.24. The van der Waals surface area contributed by atoms with E-state index in [0.717, 1.165) is 16.8 Å². The highest BCUT2D eigenvalue weighted by Gasteiger charge is 2.39. The van der Waals surface area contributed by atoms with E-state index in [2.05, 4.69) is 5.32 Å². The van der Waals surface area contributed by atoms with E-state index in [1.54, 1.807) is 31.9 Å². The minimum Gasteiger partial charge on any atom is -0.495 e. The number of carbonyl (C=O) groups excluding carboxylic acids is 2. The first kappa shape index (κ1) is 20.5. The Kier molecular flexibility index (Phi) is 6.26. The van der Waals surface area contributed by atoms with Crippen molar-refractivity contribution in [3.05, 3.63) is 53.6 Å². The normalized spacial score (nSPS) is 11.0. The van der Waals surface area contributed by atoms with Crippen molar-refractivity contribution in [2.24, 2.45) is 5.41 Å². The molecular formula is C22H28N2O3. The zero-order chi connectivity index (χ0) is 20.2. The Balaban J connectivity index is 2.29. The number of anilines is 2. The molecule has 2 amide bonds. The molecule has 2 aromatic carbocycles. The molecule has 2 rings (SSSR count). The number of carbonyl (C=O) groups is 2. The van der Waals surface area contributed by atoms with Gasteiger partial charge in [0.1, 0.15) is 11.2 Å². The van der Waals surface area contributed by atoms with Crippen LogP contribution in [0.4, 0.5) is 11.4 Å². The van der Waals surface area contributed by atoms with Gasteiger partial charge in [-0.3, -0.25) is 9.59 Å². The summed E-state index contributed by atoms with van der Waals surface area (Å²) in [6, 6.07) is 13.2. The summed E-state index contributed by atoms with van der Waals surface area (Å²) in [6.07, 6.45) is 0. The Hall–Kier alpha value is -2.82. The number of benzene rings is 2. The molecule has 0 aliphatic carbocycles. The molecule has 0 aromatic heterocycles. The lowest BCUT2D eigenvalue weighted by Crippen LogP contribution is -2.47. The molecule has 0 spiro atoms. The number of nitrogens with zero attached hydrogens (tertiary/aromatic N) is 1. The third-order valence-corrected chi connectivity index (χ3v) is 4.58. The van der Waals surface area contributed by atoms with E-state index in [4.69, 9.17) is 4.74 Å². The van der Waals surface area contributed by atoms with Crippen LogP contribution in [-0.4, -0.2) is 25.5 Å². The van der Waals surface area contributed by atoms with Gasteiger partial charge in [-0.05, 0) is 70.0 Å². The van der Waals surface area contributed by atoms with Crippen molar-refractivity contribution < 1.29 is 14.3 Å². The molecule has 0 unspecified atom stereocenters. The second kappa shape index (κ2) is 8.25. The summed E-state index contributed by atoms with van der Waals surface area (Å²) < 4.78 is 5.32. The summed E-state index contributed by atoms with van der Waals surface area (Å²) in [6.45, 7) is 9.58. The van der Waals surface area contributed by atoms with Crippen molar-refractivity contribution in [2.75, 3.05) is 23.9 Å². The van der Waals surface area contributed by atoms with Crippen molar-refractivity contribution in [2.45, 2.75) is 34.6 Å². The lowest BCUT2D eigenvalue weighted by atomic mass is 9.89. The van der Waals surface area contributed by atoms with Crippen LogP contribution in [0, 0.1) is 19.3 Å². The third kappa shape index (κ3) is 4.48. The maximum absolute atomic E-state index is 13.2. The summed E-state index contributed by atoms with van der Waals surface area (Å²) in [5, 5.41) is 2.85. The maximum atomic E-state index is 13.2. The molecule has 2 aromatic rings. The van der Waals surface area contributed by atoms with Crippen LogP contribution in [0.15, 0.2) is 42.5 Å². The number of rotatable bonds is 6. The molecule has 0 heterocycles. The summed E-state index contributed by atoms with van der Waals surface area (Å²) in [7, 11) is 1.55. The second-order valence-electron chi connectivity index (χ2n) is 7.17. The topological polar surface area (TPSA) is 58.6 Å². The fourth-order valence-electron chi connectivity index (χ4n) is 2.87. The highest BCUT2D eigenvalue weighted by molar-refractivity contribution is 6.15. The van der Waals surface area contributed by atoms with Crippen LogP contribution >= 0.6 is 0 Å². The van der Waals surface area contributed by atoms with Gasteiger partial charge in [-0.1, -0.05) is 18.2 Å². The van der Waals surface area contributed by atoms with E-state index in [0.29, 0.717) is 18.0 Å². The highest BCUT2D eigenvalue weighted by atomic mass is 16.5. The molecule has 0 saturated heterocycles. The Morgan fingerprint density at radius 2 is 1.74 bits per heavy atom. The minimum absolute atomic E-state index is 0.250. The molecule has 0 aliphatic heterocycles. The fraction of sp³-hybridized carbons (Fsp3) is 0.364. The lowest BCUT2D eigenvalue weighted by Gasteiger charge is -2.30. The smallest absolute Gasteiger partial charge is 0.242 e. The number of amides is 2. The summed E-state index contributed by atoms with van der Waals surface area (Å²) >= 11 is 0. The van der Waals surface area contributed by atoms with Crippen molar-refractivity contribution in [3.8, 4) is 5.75 Å². The first-order chi connectivity index (χ1) is 12.7. The Morgan fingerprint density at radius 1 is 1.07 bits per heavy atom. The lowest BCUT2D eigenvalue weighted by molar-refractivity contribution is -0.136. The van der Waals surface area contributed by atoms with E-state index >= 15 is 0 Å².